The Balaban J connectivity index is 2.41. The standard InChI is InChI=1S/C11H10FNOS/c1-7-5-15-6-9(7)11(14)8-2-3-13-4-10(8)12/h2-6,11,14H,1H3. The van der Waals surface area contributed by atoms with Gasteiger partial charge < -0.3 is 5.11 Å². The molecule has 2 aromatic heterocycles. The molecule has 0 aliphatic rings. The molecule has 0 aliphatic carbocycles. The number of hydrogen-bond acceptors (Lipinski definition) is 3. The van der Waals surface area contributed by atoms with E-state index < -0.39 is 11.9 Å². The van der Waals surface area contributed by atoms with Gasteiger partial charge in [-0.25, -0.2) is 4.39 Å². The number of hydrogen-bond donors (Lipinski definition) is 1. The molecule has 0 aliphatic heterocycles. The van der Waals surface area contributed by atoms with E-state index in [1.165, 1.54) is 23.6 Å². The van der Waals surface area contributed by atoms with Crippen LogP contribution in [0.3, 0.4) is 0 Å². The molecule has 2 aromatic rings. The van der Waals surface area contributed by atoms with Crippen LogP contribution in [0.15, 0.2) is 29.2 Å². The summed E-state index contributed by atoms with van der Waals surface area (Å²) in [7, 11) is 0. The number of aliphatic hydroxyl groups is 1. The number of aliphatic hydroxyl groups excluding tert-OH is 1. The highest BCUT2D eigenvalue weighted by molar-refractivity contribution is 7.08. The molecule has 1 N–H and O–H groups in total. The maximum atomic E-state index is 13.3. The lowest BCUT2D eigenvalue weighted by Gasteiger charge is -2.11. The Bertz CT molecular complexity index is 469. The van der Waals surface area contributed by atoms with E-state index in [-0.39, 0.29) is 5.56 Å². The highest BCUT2D eigenvalue weighted by Crippen LogP contribution is 2.28. The Morgan fingerprint density at radius 1 is 1.40 bits per heavy atom. The predicted octanol–water partition coefficient (Wildman–Crippen LogP) is 2.67. The van der Waals surface area contributed by atoms with Crippen molar-refractivity contribution in [2.75, 3.05) is 0 Å². The Morgan fingerprint density at radius 3 is 2.80 bits per heavy atom. The third-order valence-electron chi connectivity index (χ3n) is 2.29. The van der Waals surface area contributed by atoms with Crippen molar-refractivity contribution in [2.24, 2.45) is 0 Å². The fraction of sp³-hybridized carbons (Fsp3) is 0.182. The monoisotopic (exact) mass is 223 g/mol. The minimum atomic E-state index is -0.903. The van der Waals surface area contributed by atoms with Gasteiger partial charge in [-0.15, -0.1) is 0 Å². The summed E-state index contributed by atoms with van der Waals surface area (Å²) in [6, 6.07) is 1.50. The summed E-state index contributed by atoms with van der Waals surface area (Å²) in [5.74, 6) is -0.476. The van der Waals surface area contributed by atoms with Crippen molar-refractivity contribution in [3.8, 4) is 0 Å². The van der Waals surface area contributed by atoms with Crippen LogP contribution in [0.25, 0.3) is 0 Å². The molecule has 15 heavy (non-hydrogen) atoms. The number of aryl methyl sites for hydroxylation is 1. The number of thiophene rings is 1. The first-order chi connectivity index (χ1) is 7.20. The lowest BCUT2D eigenvalue weighted by molar-refractivity contribution is 0.214. The Hall–Kier alpha value is -1.26. The molecule has 0 saturated heterocycles. The second-order valence-corrected chi connectivity index (χ2v) is 4.05. The lowest BCUT2D eigenvalue weighted by Crippen LogP contribution is -2.02. The van der Waals surface area contributed by atoms with Crippen LogP contribution in [0.4, 0.5) is 4.39 Å². The fourth-order valence-corrected chi connectivity index (χ4v) is 2.30. The zero-order chi connectivity index (χ0) is 10.8. The number of rotatable bonds is 2. The molecule has 0 bridgehead atoms. The average molecular weight is 223 g/mol. The van der Waals surface area contributed by atoms with Crippen LogP contribution in [0.1, 0.15) is 22.8 Å². The molecule has 2 heterocycles. The summed E-state index contributed by atoms with van der Waals surface area (Å²) in [6.07, 6.45) is 1.68. The van der Waals surface area contributed by atoms with Crippen molar-refractivity contribution < 1.29 is 9.50 Å². The van der Waals surface area contributed by atoms with Crippen molar-refractivity contribution in [1.82, 2.24) is 4.98 Å². The summed E-state index contributed by atoms with van der Waals surface area (Å²) in [6.45, 7) is 1.90. The van der Waals surface area contributed by atoms with Gasteiger partial charge >= 0.3 is 0 Å². The minimum absolute atomic E-state index is 0.270. The number of aromatic nitrogens is 1. The topological polar surface area (TPSA) is 33.1 Å². The van der Waals surface area contributed by atoms with Gasteiger partial charge in [-0.2, -0.15) is 11.3 Å². The summed E-state index contributed by atoms with van der Waals surface area (Å²) < 4.78 is 13.3. The van der Waals surface area contributed by atoms with Crippen LogP contribution in [0, 0.1) is 12.7 Å². The molecular formula is C11H10FNOS. The summed E-state index contributed by atoms with van der Waals surface area (Å²) in [4.78, 5) is 3.65. The Labute approximate surface area is 91.0 Å². The van der Waals surface area contributed by atoms with Gasteiger partial charge in [-0.3, -0.25) is 4.98 Å². The summed E-state index contributed by atoms with van der Waals surface area (Å²) in [5.41, 5.74) is 2.00. The van der Waals surface area contributed by atoms with Crippen LogP contribution in [-0.4, -0.2) is 10.1 Å². The lowest BCUT2D eigenvalue weighted by atomic mass is 10.0. The Kier molecular flexibility index (Phi) is 2.79. The van der Waals surface area contributed by atoms with E-state index >= 15 is 0 Å². The molecule has 0 saturated carbocycles. The predicted molar refractivity (Wildman–Crippen MR) is 57.3 cm³/mol. The van der Waals surface area contributed by atoms with Crippen LogP contribution < -0.4 is 0 Å². The quantitative estimate of drug-likeness (QED) is 0.849. The van der Waals surface area contributed by atoms with E-state index in [0.29, 0.717) is 0 Å². The van der Waals surface area contributed by atoms with Crippen LogP contribution in [-0.2, 0) is 0 Å². The van der Waals surface area contributed by atoms with Crippen molar-refractivity contribution >= 4 is 11.3 Å². The highest BCUT2D eigenvalue weighted by atomic mass is 32.1. The minimum Gasteiger partial charge on any atom is -0.384 e. The maximum absolute atomic E-state index is 13.3. The van der Waals surface area contributed by atoms with Gasteiger partial charge in [0.15, 0.2) is 0 Å². The van der Waals surface area contributed by atoms with Crippen molar-refractivity contribution in [3.05, 3.63) is 51.7 Å². The molecule has 0 aromatic carbocycles. The largest absolute Gasteiger partial charge is 0.384 e. The number of pyridine rings is 1. The molecule has 2 rings (SSSR count). The van der Waals surface area contributed by atoms with Gasteiger partial charge in [0.05, 0.1) is 6.20 Å². The molecule has 0 fully saturated rings. The molecule has 0 amide bonds. The smallest absolute Gasteiger partial charge is 0.147 e. The highest BCUT2D eigenvalue weighted by Gasteiger charge is 2.16. The molecule has 0 radical (unpaired) electrons. The maximum Gasteiger partial charge on any atom is 0.147 e. The second kappa shape index (κ2) is 4.08. The average Bonchev–Trinajstić information content (AvgIpc) is 2.64. The van der Waals surface area contributed by atoms with Crippen molar-refractivity contribution in [1.29, 1.82) is 0 Å². The van der Waals surface area contributed by atoms with Gasteiger partial charge in [-0.1, -0.05) is 0 Å². The first kappa shape index (κ1) is 10.3. The van der Waals surface area contributed by atoms with E-state index in [2.05, 4.69) is 4.98 Å². The van der Waals surface area contributed by atoms with E-state index in [4.69, 9.17) is 0 Å². The zero-order valence-electron chi connectivity index (χ0n) is 8.14. The molecule has 4 heteroatoms. The van der Waals surface area contributed by atoms with Gasteiger partial charge in [-0.05, 0) is 34.9 Å². The van der Waals surface area contributed by atoms with Crippen LogP contribution in [0.2, 0.25) is 0 Å². The molecule has 78 valence electrons. The molecule has 2 nitrogen and oxygen atoms in total. The second-order valence-electron chi connectivity index (χ2n) is 3.31. The molecule has 1 unspecified atom stereocenters. The fourth-order valence-electron chi connectivity index (χ4n) is 1.43. The van der Waals surface area contributed by atoms with Crippen LogP contribution >= 0.6 is 11.3 Å². The van der Waals surface area contributed by atoms with Crippen molar-refractivity contribution in [3.63, 3.8) is 0 Å². The third-order valence-corrected chi connectivity index (χ3v) is 3.17. The summed E-state index contributed by atoms with van der Waals surface area (Å²) >= 11 is 1.50. The van der Waals surface area contributed by atoms with Gasteiger partial charge in [0.1, 0.15) is 11.9 Å². The van der Waals surface area contributed by atoms with E-state index in [0.717, 1.165) is 17.3 Å². The third kappa shape index (κ3) is 1.91. The van der Waals surface area contributed by atoms with Gasteiger partial charge in [0, 0.05) is 11.8 Å². The van der Waals surface area contributed by atoms with Gasteiger partial charge in [0.25, 0.3) is 0 Å². The molecule has 0 spiro atoms. The zero-order valence-corrected chi connectivity index (χ0v) is 8.96. The summed E-state index contributed by atoms with van der Waals surface area (Å²) in [5, 5.41) is 13.7. The Morgan fingerprint density at radius 2 is 2.20 bits per heavy atom. The number of halogens is 1. The SMILES string of the molecule is Cc1cscc1C(O)c1ccncc1F. The first-order valence-electron chi connectivity index (χ1n) is 4.50. The van der Waals surface area contributed by atoms with E-state index in [1.54, 1.807) is 0 Å². The molecule has 1 atom stereocenters. The molecular weight excluding hydrogens is 213 g/mol. The van der Waals surface area contributed by atoms with E-state index in [1.807, 2.05) is 17.7 Å². The van der Waals surface area contributed by atoms with E-state index in [9.17, 15) is 9.50 Å². The van der Waals surface area contributed by atoms with Crippen LogP contribution in [0.5, 0.6) is 0 Å². The number of nitrogens with zero attached hydrogens (tertiary/aromatic N) is 1. The van der Waals surface area contributed by atoms with Crippen molar-refractivity contribution in [2.45, 2.75) is 13.0 Å². The van der Waals surface area contributed by atoms with Gasteiger partial charge in [0.2, 0.25) is 0 Å². The first-order valence-corrected chi connectivity index (χ1v) is 5.44. The normalized spacial score (nSPS) is 12.7.